The van der Waals surface area contributed by atoms with E-state index in [1.165, 1.54) is 98.8 Å². The molecule has 0 radical (unpaired) electrons. The van der Waals surface area contributed by atoms with Crippen LogP contribution < -0.4 is 0 Å². The minimum atomic E-state index is 1.38. The summed E-state index contributed by atoms with van der Waals surface area (Å²) in [6.07, 6.45) is 0. The van der Waals surface area contributed by atoms with E-state index in [0.29, 0.717) is 0 Å². The van der Waals surface area contributed by atoms with Gasteiger partial charge in [-0.3, -0.25) is 0 Å². The minimum Gasteiger partial charge on any atom is -0.140 e. The Morgan fingerprint density at radius 1 is 0.361 bits per heavy atom. The van der Waals surface area contributed by atoms with Gasteiger partial charge in [0.1, 0.15) is 0 Å². The lowest BCUT2D eigenvalue weighted by atomic mass is 9.90. The molecule has 0 saturated carbocycles. The molecule has 9 rings (SSSR count). The maximum Gasteiger partial charge on any atom is 0.0437 e. The molecule has 0 aliphatic rings. The van der Waals surface area contributed by atoms with Crippen LogP contribution in [0.1, 0.15) is 14.6 Å². The number of hydrogen-bond donors (Lipinski definition) is 0. The molecule has 0 aliphatic carbocycles. The van der Waals surface area contributed by atoms with Crippen LogP contribution in [0, 0.1) is 20.8 Å². The first-order valence-corrected chi connectivity index (χ1v) is 14.8. The molecule has 0 saturated heterocycles. The van der Waals surface area contributed by atoms with E-state index < -0.39 is 0 Å². The third-order valence-electron chi connectivity index (χ3n) is 7.99. The van der Waals surface area contributed by atoms with Crippen molar-refractivity contribution in [3.05, 3.63) is 81.4 Å². The first-order chi connectivity index (χ1) is 17.6. The summed E-state index contributed by atoms with van der Waals surface area (Å²) in [5.74, 6) is 0. The van der Waals surface area contributed by atoms with E-state index in [4.69, 9.17) is 0 Å². The topological polar surface area (TPSA) is 0 Å². The molecule has 0 fully saturated rings. The molecule has 9 aromatic rings. The van der Waals surface area contributed by atoms with Gasteiger partial charge in [0.05, 0.1) is 0 Å². The fourth-order valence-corrected chi connectivity index (χ4v) is 10.1. The van der Waals surface area contributed by atoms with Crippen LogP contribution in [-0.2, 0) is 0 Å². The van der Waals surface area contributed by atoms with Gasteiger partial charge in [-0.15, -0.1) is 34.0 Å². The number of thiophene rings is 3. The van der Waals surface area contributed by atoms with Crippen LogP contribution in [0.5, 0.6) is 0 Å². The van der Waals surface area contributed by atoms with E-state index in [1.54, 1.807) is 0 Å². The summed E-state index contributed by atoms with van der Waals surface area (Å²) < 4.78 is 4.31. The zero-order valence-electron chi connectivity index (χ0n) is 20.1. The number of aryl methyl sites for hydroxylation is 3. The highest BCUT2D eigenvalue weighted by Crippen LogP contribution is 2.55. The molecule has 0 spiro atoms. The smallest absolute Gasteiger partial charge is 0.0437 e. The van der Waals surface area contributed by atoms with Gasteiger partial charge in [-0.25, -0.2) is 0 Å². The first kappa shape index (κ1) is 19.9. The second kappa shape index (κ2) is 6.54. The number of rotatable bonds is 0. The Labute approximate surface area is 219 Å². The van der Waals surface area contributed by atoms with Gasteiger partial charge < -0.3 is 0 Å². The van der Waals surface area contributed by atoms with Crippen LogP contribution in [0.4, 0.5) is 0 Å². The molecular formula is C33H20S3. The Hall–Kier alpha value is -3.24. The molecule has 3 heterocycles. The molecule has 6 aromatic carbocycles. The maximum absolute atomic E-state index is 2.43. The summed E-state index contributed by atoms with van der Waals surface area (Å²) in [5.41, 5.74) is 0. The SMILES string of the molecule is Cc1cc2c(s1)c1c3ccccc3c3c4sc(C)cc4c4cc(C)sc4c4c5ccccc5c2c1c43. The summed E-state index contributed by atoms with van der Waals surface area (Å²) in [5, 5.41) is 18.5. The second-order valence-corrected chi connectivity index (χ2v) is 13.9. The van der Waals surface area contributed by atoms with E-state index >= 15 is 0 Å². The average molecular weight is 513 g/mol. The molecule has 36 heavy (non-hydrogen) atoms. The Balaban J connectivity index is 1.85. The monoisotopic (exact) mass is 512 g/mol. The number of hydrogen-bond acceptors (Lipinski definition) is 3. The van der Waals surface area contributed by atoms with Crippen LogP contribution in [0.2, 0.25) is 0 Å². The van der Waals surface area contributed by atoms with Gasteiger partial charge in [-0.2, -0.15) is 0 Å². The highest BCUT2D eigenvalue weighted by molar-refractivity contribution is 7.22. The molecule has 0 atom stereocenters. The lowest BCUT2D eigenvalue weighted by Crippen LogP contribution is -1.84. The fourth-order valence-electron chi connectivity index (χ4n) is 6.80. The van der Waals surface area contributed by atoms with Gasteiger partial charge in [0.15, 0.2) is 0 Å². The van der Waals surface area contributed by atoms with Crippen molar-refractivity contribution in [1.29, 1.82) is 0 Å². The summed E-state index contributed by atoms with van der Waals surface area (Å²) in [6.45, 7) is 6.77. The maximum atomic E-state index is 2.43. The van der Waals surface area contributed by atoms with Crippen molar-refractivity contribution in [3.63, 3.8) is 0 Å². The van der Waals surface area contributed by atoms with Gasteiger partial charge >= 0.3 is 0 Å². The van der Waals surface area contributed by atoms with E-state index in [-0.39, 0.29) is 0 Å². The van der Waals surface area contributed by atoms with Crippen molar-refractivity contribution in [2.24, 2.45) is 0 Å². The van der Waals surface area contributed by atoms with Crippen LogP contribution in [0.15, 0.2) is 66.7 Å². The molecule has 0 aliphatic heterocycles. The lowest BCUT2D eigenvalue weighted by Gasteiger charge is -2.13. The predicted octanol–water partition coefficient (Wildman–Crippen LogP) is 11.5. The fraction of sp³-hybridized carbons (Fsp3) is 0.0909. The Bertz CT molecular complexity index is 2230. The van der Waals surface area contributed by atoms with Crippen molar-refractivity contribution in [3.8, 4) is 0 Å². The summed E-state index contributed by atoms with van der Waals surface area (Å²) in [7, 11) is 0. The van der Waals surface area contributed by atoms with Gasteiger partial charge in [-0.1, -0.05) is 48.5 Å². The minimum absolute atomic E-state index is 1.38. The van der Waals surface area contributed by atoms with Crippen LogP contribution in [0.3, 0.4) is 0 Å². The molecule has 170 valence electrons. The first-order valence-electron chi connectivity index (χ1n) is 12.4. The Kier molecular flexibility index (Phi) is 3.62. The molecule has 0 bridgehead atoms. The predicted molar refractivity (Wildman–Crippen MR) is 166 cm³/mol. The average Bonchev–Trinajstić information content (AvgIpc) is 3.60. The Morgan fingerprint density at radius 2 is 0.694 bits per heavy atom. The van der Waals surface area contributed by atoms with Crippen LogP contribution >= 0.6 is 34.0 Å². The van der Waals surface area contributed by atoms with E-state index in [0.717, 1.165) is 0 Å². The largest absolute Gasteiger partial charge is 0.140 e. The van der Waals surface area contributed by atoms with Crippen molar-refractivity contribution in [2.45, 2.75) is 20.8 Å². The van der Waals surface area contributed by atoms with Crippen molar-refractivity contribution >= 4 is 118 Å². The standard InChI is InChI=1S/C33H20S3/c1-15-12-22-23-13-16(2)35-32(23)28-21-11-7-6-10-20(21)26-29-25(24-14-17(3)36-33(24)26)18-8-4-5-9-19(18)27(30(28)29)31(22)34-15/h4-14H,1-3H3. The zero-order chi connectivity index (χ0) is 23.9. The van der Waals surface area contributed by atoms with E-state index in [2.05, 4.69) is 87.5 Å². The third-order valence-corrected chi connectivity index (χ3v) is 11.2. The normalized spacial score (nSPS) is 12.9. The van der Waals surface area contributed by atoms with E-state index in [1.807, 2.05) is 34.0 Å². The van der Waals surface area contributed by atoms with Gasteiger partial charge in [0.25, 0.3) is 0 Å². The second-order valence-electron chi connectivity index (χ2n) is 10.1. The van der Waals surface area contributed by atoms with Gasteiger partial charge in [0.2, 0.25) is 0 Å². The molecule has 3 heteroatoms. The molecule has 0 N–H and O–H groups in total. The summed E-state index contributed by atoms with van der Waals surface area (Å²) >= 11 is 5.88. The quantitative estimate of drug-likeness (QED) is 0.177. The third kappa shape index (κ3) is 2.22. The van der Waals surface area contributed by atoms with Crippen molar-refractivity contribution in [2.75, 3.05) is 0 Å². The zero-order valence-corrected chi connectivity index (χ0v) is 22.5. The van der Waals surface area contributed by atoms with Crippen molar-refractivity contribution < 1.29 is 0 Å². The molecule has 3 aromatic heterocycles. The van der Waals surface area contributed by atoms with Crippen LogP contribution in [-0.4, -0.2) is 0 Å². The lowest BCUT2D eigenvalue weighted by molar-refractivity contribution is 1.65. The highest BCUT2D eigenvalue weighted by atomic mass is 32.1. The molecule has 0 amide bonds. The van der Waals surface area contributed by atoms with Gasteiger partial charge in [0, 0.05) is 71.8 Å². The van der Waals surface area contributed by atoms with Crippen molar-refractivity contribution in [1.82, 2.24) is 0 Å². The number of fused-ring (bicyclic) bond motifs is 14. The van der Waals surface area contributed by atoms with E-state index in [9.17, 15) is 0 Å². The number of benzene rings is 4. The Morgan fingerprint density at radius 3 is 1.14 bits per heavy atom. The summed E-state index contributed by atoms with van der Waals surface area (Å²) in [6, 6.07) is 25.6. The van der Waals surface area contributed by atoms with Crippen LogP contribution in [0.25, 0.3) is 84.1 Å². The van der Waals surface area contributed by atoms with Gasteiger partial charge in [-0.05, 0) is 65.9 Å². The highest BCUT2D eigenvalue weighted by Gasteiger charge is 2.25. The summed E-state index contributed by atoms with van der Waals surface area (Å²) in [4.78, 5) is 4.15. The molecule has 0 nitrogen and oxygen atoms in total. The molecule has 0 unspecified atom stereocenters. The molecular weight excluding hydrogens is 493 g/mol.